The predicted octanol–water partition coefficient (Wildman–Crippen LogP) is 3.77. The highest BCUT2D eigenvalue weighted by Crippen LogP contribution is 2.32. The first-order chi connectivity index (χ1) is 16.5. The van der Waals surface area contributed by atoms with Gasteiger partial charge in [-0.2, -0.15) is 0 Å². The molecule has 0 aliphatic heterocycles. The third-order valence-corrected chi connectivity index (χ3v) is 5.63. The van der Waals surface area contributed by atoms with Crippen molar-refractivity contribution in [2.75, 3.05) is 21.3 Å². The average molecular weight is 460 g/mol. The van der Waals surface area contributed by atoms with Crippen molar-refractivity contribution in [2.45, 2.75) is 12.6 Å². The van der Waals surface area contributed by atoms with Crippen molar-refractivity contribution in [1.29, 1.82) is 0 Å². The van der Waals surface area contributed by atoms with Crippen LogP contribution in [0, 0.1) is 0 Å². The van der Waals surface area contributed by atoms with Crippen molar-refractivity contribution in [3.8, 4) is 22.9 Å². The minimum atomic E-state index is -0.720. The lowest BCUT2D eigenvalue weighted by molar-refractivity contribution is -0.132. The van der Waals surface area contributed by atoms with Crippen LogP contribution in [-0.4, -0.2) is 41.8 Å². The molecule has 8 heteroatoms. The minimum absolute atomic E-state index is 0.226. The van der Waals surface area contributed by atoms with Crippen molar-refractivity contribution >= 4 is 5.91 Å². The summed E-state index contributed by atoms with van der Waals surface area (Å²) in [6.07, 6.45) is 0. The van der Waals surface area contributed by atoms with E-state index in [9.17, 15) is 9.59 Å². The predicted molar refractivity (Wildman–Crippen MR) is 127 cm³/mol. The number of hydrogen-bond acceptors (Lipinski definition) is 6. The number of ether oxygens (including phenoxy) is 2. The average Bonchev–Trinajstić information content (AvgIpc) is 3.24. The highest BCUT2D eigenvalue weighted by molar-refractivity contribution is 5.77. The Morgan fingerprint density at radius 3 is 2.09 bits per heavy atom. The third kappa shape index (κ3) is 4.56. The van der Waals surface area contributed by atoms with E-state index in [2.05, 4.69) is 5.16 Å². The molecular weight excluding hydrogens is 434 g/mol. The van der Waals surface area contributed by atoms with Gasteiger partial charge in [0, 0.05) is 12.6 Å². The van der Waals surface area contributed by atoms with Crippen LogP contribution < -0.4 is 15.2 Å². The fourth-order valence-electron chi connectivity index (χ4n) is 3.89. The quantitative estimate of drug-likeness (QED) is 0.399. The van der Waals surface area contributed by atoms with Gasteiger partial charge in [-0.05, 0) is 29.3 Å². The van der Waals surface area contributed by atoms with Crippen LogP contribution in [0.1, 0.15) is 17.2 Å². The van der Waals surface area contributed by atoms with E-state index in [4.69, 9.17) is 14.0 Å². The number of nitrogens with zero attached hydrogens (tertiary/aromatic N) is 3. The number of methoxy groups -OCH3 is 2. The van der Waals surface area contributed by atoms with Crippen molar-refractivity contribution in [2.24, 2.45) is 0 Å². The van der Waals surface area contributed by atoms with Crippen molar-refractivity contribution < 1.29 is 18.8 Å². The molecule has 0 saturated carbocycles. The number of amides is 1. The SMILES string of the molecule is COc1ccc(-c2noc(=O)n2CC(=O)N(C)C(c2ccccc2)c2ccccc2)cc1OC. The zero-order valence-corrected chi connectivity index (χ0v) is 19.2. The lowest BCUT2D eigenvalue weighted by Gasteiger charge is -2.29. The van der Waals surface area contributed by atoms with E-state index in [1.807, 2.05) is 60.7 Å². The summed E-state index contributed by atoms with van der Waals surface area (Å²) < 4.78 is 16.7. The number of benzene rings is 3. The summed E-state index contributed by atoms with van der Waals surface area (Å²) in [7, 11) is 4.78. The highest BCUT2D eigenvalue weighted by Gasteiger charge is 2.26. The Morgan fingerprint density at radius 1 is 0.941 bits per heavy atom. The molecule has 0 fully saturated rings. The summed E-state index contributed by atoms with van der Waals surface area (Å²) in [6, 6.07) is 24.3. The van der Waals surface area contributed by atoms with E-state index < -0.39 is 5.76 Å². The molecule has 4 aromatic rings. The Labute approximate surface area is 196 Å². The Balaban J connectivity index is 1.66. The largest absolute Gasteiger partial charge is 0.493 e. The molecule has 4 rings (SSSR count). The summed E-state index contributed by atoms with van der Waals surface area (Å²) in [4.78, 5) is 27.5. The first kappa shape index (κ1) is 22.8. The molecule has 174 valence electrons. The minimum Gasteiger partial charge on any atom is -0.493 e. The molecule has 1 aromatic heterocycles. The molecule has 0 unspecified atom stereocenters. The molecule has 3 aromatic carbocycles. The van der Waals surface area contributed by atoms with Gasteiger partial charge in [-0.15, -0.1) is 0 Å². The maximum Gasteiger partial charge on any atom is 0.442 e. The number of carbonyl (C=O) groups is 1. The van der Waals surface area contributed by atoms with Gasteiger partial charge >= 0.3 is 5.76 Å². The third-order valence-electron chi connectivity index (χ3n) is 5.63. The summed E-state index contributed by atoms with van der Waals surface area (Å²) in [5, 5.41) is 3.90. The van der Waals surface area contributed by atoms with Gasteiger partial charge in [0.15, 0.2) is 17.3 Å². The second-order valence-corrected chi connectivity index (χ2v) is 7.66. The van der Waals surface area contributed by atoms with E-state index in [1.54, 1.807) is 30.1 Å². The van der Waals surface area contributed by atoms with Crippen LogP contribution in [0.2, 0.25) is 0 Å². The van der Waals surface area contributed by atoms with Crippen molar-refractivity contribution in [3.05, 3.63) is 101 Å². The molecule has 1 amide bonds. The molecule has 0 atom stereocenters. The van der Waals surface area contributed by atoms with Crippen LogP contribution in [0.4, 0.5) is 0 Å². The normalized spacial score (nSPS) is 10.8. The lowest BCUT2D eigenvalue weighted by atomic mass is 9.97. The zero-order valence-electron chi connectivity index (χ0n) is 19.2. The van der Waals surface area contributed by atoms with Gasteiger partial charge in [-0.3, -0.25) is 9.32 Å². The summed E-state index contributed by atoms with van der Waals surface area (Å²) in [6.45, 7) is -0.237. The van der Waals surface area contributed by atoms with Gasteiger partial charge in [-0.1, -0.05) is 65.8 Å². The second-order valence-electron chi connectivity index (χ2n) is 7.66. The molecule has 0 saturated heterocycles. The van der Waals surface area contributed by atoms with Gasteiger partial charge < -0.3 is 14.4 Å². The second kappa shape index (κ2) is 10.1. The van der Waals surface area contributed by atoms with Crippen LogP contribution >= 0.6 is 0 Å². The van der Waals surface area contributed by atoms with Gasteiger partial charge in [0.05, 0.1) is 20.3 Å². The molecule has 0 bridgehead atoms. The van der Waals surface area contributed by atoms with Crippen LogP contribution in [0.3, 0.4) is 0 Å². The van der Waals surface area contributed by atoms with Crippen molar-refractivity contribution in [1.82, 2.24) is 14.6 Å². The standard InChI is InChI=1S/C26H25N3O5/c1-28(24(18-10-6-4-7-11-18)19-12-8-5-9-13-19)23(30)17-29-25(27-34-26(29)31)20-14-15-21(32-2)22(16-20)33-3/h4-16,24H,17H2,1-3H3. The molecular formula is C26H25N3O5. The molecule has 0 aliphatic rings. The Bertz CT molecular complexity index is 1280. The number of hydrogen-bond donors (Lipinski definition) is 0. The molecule has 0 aliphatic carbocycles. The summed E-state index contributed by atoms with van der Waals surface area (Å²) >= 11 is 0. The van der Waals surface area contributed by atoms with Crippen LogP contribution in [-0.2, 0) is 11.3 Å². The van der Waals surface area contributed by atoms with Crippen LogP contribution in [0.5, 0.6) is 11.5 Å². The fraction of sp³-hybridized carbons (Fsp3) is 0.192. The first-order valence-electron chi connectivity index (χ1n) is 10.7. The van der Waals surface area contributed by atoms with Gasteiger partial charge in [-0.25, -0.2) is 9.36 Å². The number of aromatic nitrogens is 2. The lowest BCUT2D eigenvalue weighted by Crippen LogP contribution is -2.36. The van der Waals surface area contributed by atoms with Gasteiger partial charge in [0.1, 0.15) is 6.54 Å². The number of carbonyl (C=O) groups excluding carboxylic acids is 1. The van der Waals surface area contributed by atoms with E-state index in [1.165, 1.54) is 18.8 Å². The molecule has 8 nitrogen and oxygen atoms in total. The Kier molecular flexibility index (Phi) is 6.77. The fourth-order valence-corrected chi connectivity index (χ4v) is 3.89. The summed E-state index contributed by atoms with van der Waals surface area (Å²) in [5.74, 6) is 0.239. The van der Waals surface area contributed by atoms with E-state index in [0.717, 1.165) is 11.1 Å². The maximum atomic E-state index is 13.4. The number of rotatable bonds is 8. The molecule has 0 spiro atoms. The van der Waals surface area contributed by atoms with E-state index in [-0.39, 0.29) is 24.3 Å². The first-order valence-corrected chi connectivity index (χ1v) is 10.7. The van der Waals surface area contributed by atoms with Crippen LogP contribution in [0.15, 0.2) is 88.2 Å². The van der Waals surface area contributed by atoms with Gasteiger partial charge in [0.25, 0.3) is 0 Å². The smallest absolute Gasteiger partial charge is 0.442 e. The Hall–Kier alpha value is -4.33. The monoisotopic (exact) mass is 459 g/mol. The Morgan fingerprint density at radius 2 is 1.53 bits per heavy atom. The zero-order chi connectivity index (χ0) is 24.1. The van der Waals surface area contributed by atoms with Gasteiger partial charge in [0.2, 0.25) is 5.91 Å². The molecule has 0 N–H and O–H groups in total. The highest BCUT2D eigenvalue weighted by atomic mass is 16.5. The van der Waals surface area contributed by atoms with E-state index >= 15 is 0 Å². The molecule has 1 heterocycles. The topological polar surface area (TPSA) is 86.8 Å². The summed E-state index contributed by atoms with van der Waals surface area (Å²) in [5.41, 5.74) is 2.48. The van der Waals surface area contributed by atoms with Crippen LogP contribution in [0.25, 0.3) is 11.4 Å². The molecule has 0 radical (unpaired) electrons. The number of likely N-dealkylation sites (N-methyl/N-ethyl adjacent to an activating group) is 1. The van der Waals surface area contributed by atoms with Crippen molar-refractivity contribution in [3.63, 3.8) is 0 Å². The van der Waals surface area contributed by atoms with E-state index in [0.29, 0.717) is 17.1 Å². The maximum absolute atomic E-state index is 13.4. The molecule has 34 heavy (non-hydrogen) atoms.